The van der Waals surface area contributed by atoms with Crippen LogP contribution in [0.25, 0.3) is 0 Å². The van der Waals surface area contributed by atoms with Crippen molar-refractivity contribution < 1.29 is 9.53 Å². The van der Waals surface area contributed by atoms with Gasteiger partial charge in [0.05, 0.1) is 13.2 Å². The molecule has 0 unspecified atom stereocenters. The topological polar surface area (TPSA) is 58.6 Å². The van der Waals surface area contributed by atoms with Crippen LogP contribution in [0.2, 0.25) is 0 Å². The predicted molar refractivity (Wildman–Crippen MR) is 112 cm³/mol. The number of hydrogen-bond acceptors (Lipinski definition) is 5. The minimum Gasteiger partial charge on any atom is -0.496 e. The highest BCUT2D eigenvalue weighted by atomic mass is 16.5. The van der Waals surface area contributed by atoms with Gasteiger partial charge >= 0.3 is 0 Å². The summed E-state index contributed by atoms with van der Waals surface area (Å²) < 4.78 is 5.57. The molecule has 1 aromatic carbocycles. The lowest BCUT2D eigenvalue weighted by molar-refractivity contribution is -0.132. The summed E-state index contributed by atoms with van der Waals surface area (Å²) in [7, 11) is 1.73. The van der Waals surface area contributed by atoms with Crippen molar-refractivity contribution >= 4 is 5.91 Å². The maximum atomic E-state index is 12.0. The van der Waals surface area contributed by atoms with E-state index >= 15 is 0 Å². The Balaban J connectivity index is 1.49. The number of aromatic nitrogens is 2. The molecule has 0 N–H and O–H groups in total. The molecule has 1 saturated heterocycles. The molecule has 6 nitrogen and oxygen atoms in total. The van der Waals surface area contributed by atoms with Gasteiger partial charge in [-0.25, -0.2) is 9.97 Å². The van der Waals surface area contributed by atoms with Gasteiger partial charge in [0.15, 0.2) is 5.82 Å². The average molecular weight is 395 g/mol. The van der Waals surface area contributed by atoms with Gasteiger partial charge in [0.25, 0.3) is 0 Å². The van der Waals surface area contributed by atoms with Crippen LogP contribution in [0.15, 0.2) is 24.4 Å². The molecule has 0 saturated carbocycles. The molecule has 1 fully saturated rings. The minimum absolute atomic E-state index is 0.0291. The van der Waals surface area contributed by atoms with Crippen molar-refractivity contribution in [3.8, 4) is 5.75 Å². The number of aryl methyl sites for hydroxylation is 1. The summed E-state index contributed by atoms with van der Waals surface area (Å²) in [6, 6.07) is 6.41. The lowest BCUT2D eigenvalue weighted by atomic mass is 10.00. The van der Waals surface area contributed by atoms with E-state index in [0.717, 1.165) is 69.1 Å². The van der Waals surface area contributed by atoms with Crippen LogP contribution in [0.4, 0.5) is 0 Å². The van der Waals surface area contributed by atoms with Crippen molar-refractivity contribution in [3.05, 3.63) is 52.6 Å². The van der Waals surface area contributed by atoms with Crippen LogP contribution in [0.1, 0.15) is 60.4 Å². The Morgan fingerprint density at radius 2 is 2.14 bits per heavy atom. The normalized spacial score (nSPS) is 19.7. The van der Waals surface area contributed by atoms with Crippen molar-refractivity contribution in [1.82, 2.24) is 19.8 Å². The maximum absolute atomic E-state index is 12.0. The minimum atomic E-state index is 0.0291. The van der Waals surface area contributed by atoms with E-state index in [2.05, 4.69) is 35.0 Å². The Morgan fingerprint density at radius 3 is 2.93 bits per heavy atom. The van der Waals surface area contributed by atoms with Crippen LogP contribution in [-0.4, -0.2) is 45.9 Å². The molecule has 6 heteroatoms. The van der Waals surface area contributed by atoms with E-state index in [-0.39, 0.29) is 11.9 Å². The molecular formula is C23H30N4O2. The number of nitrogens with zero attached hydrogens (tertiary/aromatic N) is 4. The molecule has 29 heavy (non-hydrogen) atoms. The SMILES string of the molecule is COc1cc(C)ccc1CN1CCc2nc([C@H]3CCCCN3C(C)=O)ncc2C1. The number of hydrogen-bond donors (Lipinski definition) is 0. The molecule has 2 aliphatic rings. The molecule has 4 rings (SSSR count). The zero-order valence-electron chi connectivity index (χ0n) is 17.6. The van der Waals surface area contributed by atoms with Crippen LogP contribution >= 0.6 is 0 Å². The van der Waals surface area contributed by atoms with E-state index in [1.807, 2.05) is 11.1 Å². The quantitative estimate of drug-likeness (QED) is 0.795. The Hall–Kier alpha value is -2.47. The second-order valence-corrected chi connectivity index (χ2v) is 8.20. The van der Waals surface area contributed by atoms with Gasteiger partial charge in [0.1, 0.15) is 5.75 Å². The third-order valence-corrected chi connectivity index (χ3v) is 6.07. The number of fused-ring (bicyclic) bond motifs is 1. The summed E-state index contributed by atoms with van der Waals surface area (Å²) in [5.41, 5.74) is 4.74. The number of likely N-dealkylation sites (tertiary alicyclic amines) is 1. The van der Waals surface area contributed by atoms with E-state index in [0.29, 0.717) is 0 Å². The van der Waals surface area contributed by atoms with Gasteiger partial charge in [-0.1, -0.05) is 12.1 Å². The molecule has 3 heterocycles. The smallest absolute Gasteiger partial charge is 0.220 e. The van der Waals surface area contributed by atoms with Crippen molar-refractivity contribution in [2.75, 3.05) is 20.2 Å². The Bertz CT molecular complexity index is 898. The summed E-state index contributed by atoms with van der Waals surface area (Å²) >= 11 is 0. The highest BCUT2D eigenvalue weighted by Gasteiger charge is 2.29. The Kier molecular flexibility index (Phi) is 5.81. The molecular weight excluding hydrogens is 364 g/mol. The molecule has 0 radical (unpaired) electrons. The van der Waals surface area contributed by atoms with E-state index in [4.69, 9.17) is 9.72 Å². The lowest BCUT2D eigenvalue weighted by Gasteiger charge is -2.35. The fraction of sp³-hybridized carbons (Fsp3) is 0.522. The lowest BCUT2D eigenvalue weighted by Crippen LogP contribution is -2.38. The predicted octanol–water partition coefficient (Wildman–Crippen LogP) is 3.43. The molecule has 2 aromatic rings. The number of carbonyl (C=O) groups is 1. The Morgan fingerprint density at radius 1 is 1.28 bits per heavy atom. The van der Waals surface area contributed by atoms with Crippen molar-refractivity contribution in [1.29, 1.82) is 0 Å². The van der Waals surface area contributed by atoms with Gasteiger partial charge < -0.3 is 9.64 Å². The first-order valence-electron chi connectivity index (χ1n) is 10.5. The number of amides is 1. The van der Waals surface area contributed by atoms with Crippen molar-refractivity contribution in [2.45, 2.75) is 58.7 Å². The van der Waals surface area contributed by atoms with Gasteiger partial charge in [0, 0.05) is 62.5 Å². The third kappa shape index (κ3) is 4.27. The van der Waals surface area contributed by atoms with Crippen LogP contribution in [0, 0.1) is 6.92 Å². The summed E-state index contributed by atoms with van der Waals surface area (Å²) in [4.78, 5) is 25.9. The van der Waals surface area contributed by atoms with Crippen LogP contribution in [-0.2, 0) is 24.3 Å². The third-order valence-electron chi connectivity index (χ3n) is 6.07. The van der Waals surface area contributed by atoms with E-state index in [1.54, 1.807) is 14.0 Å². The van der Waals surface area contributed by atoms with E-state index < -0.39 is 0 Å². The molecule has 154 valence electrons. The summed E-state index contributed by atoms with van der Waals surface area (Å²) in [5, 5.41) is 0. The summed E-state index contributed by atoms with van der Waals surface area (Å²) in [5.74, 6) is 1.88. The van der Waals surface area contributed by atoms with Gasteiger partial charge in [-0.15, -0.1) is 0 Å². The van der Waals surface area contributed by atoms with Gasteiger partial charge in [-0.2, -0.15) is 0 Å². The molecule has 1 aromatic heterocycles. The average Bonchev–Trinajstić information content (AvgIpc) is 2.74. The molecule has 0 aliphatic carbocycles. The number of ether oxygens (including phenoxy) is 1. The molecule has 2 aliphatic heterocycles. The second kappa shape index (κ2) is 8.49. The second-order valence-electron chi connectivity index (χ2n) is 8.20. The number of rotatable bonds is 4. The maximum Gasteiger partial charge on any atom is 0.220 e. The zero-order chi connectivity index (χ0) is 20.4. The van der Waals surface area contributed by atoms with Crippen molar-refractivity contribution in [3.63, 3.8) is 0 Å². The highest BCUT2D eigenvalue weighted by Crippen LogP contribution is 2.30. The summed E-state index contributed by atoms with van der Waals surface area (Å²) in [6.45, 7) is 7.19. The number of carbonyl (C=O) groups excluding carboxylic acids is 1. The molecule has 0 bridgehead atoms. The van der Waals surface area contributed by atoms with Crippen molar-refractivity contribution in [2.24, 2.45) is 0 Å². The van der Waals surface area contributed by atoms with Crippen LogP contribution in [0.3, 0.4) is 0 Å². The van der Waals surface area contributed by atoms with E-state index in [1.165, 1.54) is 16.7 Å². The first-order valence-corrected chi connectivity index (χ1v) is 10.5. The first-order chi connectivity index (χ1) is 14.0. The van der Waals surface area contributed by atoms with Gasteiger partial charge in [0.2, 0.25) is 5.91 Å². The Labute approximate surface area is 172 Å². The number of piperidine rings is 1. The highest BCUT2D eigenvalue weighted by molar-refractivity contribution is 5.73. The molecule has 0 spiro atoms. The number of methoxy groups -OCH3 is 1. The number of benzene rings is 1. The fourth-order valence-corrected chi connectivity index (χ4v) is 4.49. The van der Waals surface area contributed by atoms with Crippen LogP contribution in [0.5, 0.6) is 5.75 Å². The molecule has 1 atom stereocenters. The molecule has 1 amide bonds. The summed E-state index contributed by atoms with van der Waals surface area (Å²) in [6.07, 6.45) is 6.03. The van der Waals surface area contributed by atoms with Gasteiger partial charge in [-0.05, 0) is 37.8 Å². The first kappa shape index (κ1) is 19.8. The van der Waals surface area contributed by atoms with Gasteiger partial charge in [-0.3, -0.25) is 9.69 Å². The standard InChI is InChI=1S/C23H30N4O2/c1-16-7-8-18(22(12-16)29-3)14-26-11-9-20-19(15-26)13-24-23(25-20)21-6-4-5-10-27(21)17(2)28/h7-8,12-13,21H,4-6,9-11,14-15H2,1-3H3/t21-/m1/s1. The fourth-order valence-electron chi connectivity index (χ4n) is 4.49. The zero-order valence-corrected chi connectivity index (χ0v) is 17.6. The van der Waals surface area contributed by atoms with E-state index in [9.17, 15) is 4.79 Å². The van der Waals surface area contributed by atoms with Crippen LogP contribution < -0.4 is 4.74 Å². The largest absolute Gasteiger partial charge is 0.496 e. The monoisotopic (exact) mass is 394 g/mol.